The second-order valence-corrected chi connectivity index (χ2v) is 10.8. The molecule has 0 spiro atoms. The van der Waals surface area contributed by atoms with Gasteiger partial charge < -0.3 is 9.16 Å². The van der Waals surface area contributed by atoms with Gasteiger partial charge in [-0.25, -0.2) is 0 Å². The lowest BCUT2D eigenvalue weighted by Gasteiger charge is -2.38. The summed E-state index contributed by atoms with van der Waals surface area (Å²) in [5.41, 5.74) is 0. The van der Waals surface area contributed by atoms with Crippen LogP contribution in [0.4, 0.5) is 0 Å². The molecule has 0 aliphatic heterocycles. The average Bonchev–Trinajstić information content (AvgIpc) is 2.26. The van der Waals surface area contributed by atoms with Gasteiger partial charge in [-0.1, -0.05) is 20.8 Å². The van der Waals surface area contributed by atoms with E-state index in [1.165, 1.54) is 7.11 Å². The largest absolute Gasteiger partial charge is 0.469 e. The first-order chi connectivity index (χ1) is 8.53. The third-order valence-corrected chi connectivity index (χ3v) is 8.00. The van der Waals surface area contributed by atoms with E-state index in [0.29, 0.717) is 0 Å². The van der Waals surface area contributed by atoms with Gasteiger partial charge in [0.2, 0.25) is 5.78 Å². The van der Waals surface area contributed by atoms with Crippen LogP contribution in [0.5, 0.6) is 0 Å². The number of hydrogen-bond donors (Lipinski definition) is 0. The Kier molecular flexibility index (Phi) is 6.47. The minimum absolute atomic E-state index is 0.000556. The summed E-state index contributed by atoms with van der Waals surface area (Å²) in [5, 5.41) is 0.000556. The van der Waals surface area contributed by atoms with Crippen molar-refractivity contribution in [2.24, 2.45) is 0 Å². The van der Waals surface area contributed by atoms with Gasteiger partial charge in [-0.3, -0.25) is 9.59 Å². The molecule has 0 aromatic carbocycles. The molecule has 0 bridgehead atoms. The fourth-order valence-corrected chi connectivity index (χ4v) is 2.64. The van der Waals surface area contributed by atoms with Crippen molar-refractivity contribution in [2.45, 2.75) is 57.8 Å². The van der Waals surface area contributed by atoms with Crippen LogP contribution in [0, 0.1) is 12.3 Å². The second kappa shape index (κ2) is 6.87. The number of carbonyl (C=O) groups is 2. The second-order valence-electron chi connectivity index (χ2n) is 6.05. The molecule has 0 N–H and O–H groups in total. The number of ether oxygens (including phenoxy) is 1. The summed E-state index contributed by atoms with van der Waals surface area (Å²) in [6.07, 6.45) is 4.68. The Morgan fingerprint density at radius 1 is 1.26 bits per heavy atom. The van der Waals surface area contributed by atoms with Crippen molar-refractivity contribution >= 4 is 20.1 Å². The SMILES string of the molecule is C#CC(=O)CC(CC(=O)OC)O[Si](C)(C)C(C)(C)C. The van der Waals surface area contributed by atoms with Gasteiger partial charge in [0, 0.05) is 6.42 Å². The highest BCUT2D eigenvalue weighted by Gasteiger charge is 2.39. The van der Waals surface area contributed by atoms with E-state index in [1.807, 2.05) is 0 Å². The van der Waals surface area contributed by atoms with E-state index >= 15 is 0 Å². The molecular weight excluding hydrogens is 260 g/mol. The van der Waals surface area contributed by atoms with Gasteiger partial charge in [0.25, 0.3) is 0 Å². The zero-order valence-corrected chi connectivity index (χ0v) is 13.7. The molecule has 0 aliphatic carbocycles. The van der Waals surface area contributed by atoms with Gasteiger partial charge >= 0.3 is 5.97 Å². The van der Waals surface area contributed by atoms with Crippen molar-refractivity contribution in [1.82, 2.24) is 0 Å². The first-order valence-electron chi connectivity index (χ1n) is 6.27. The Morgan fingerprint density at radius 3 is 2.16 bits per heavy atom. The molecule has 19 heavy (non-hydrogen) atoms. The zero-order chi connectivity index (χ0) is 15.3. The number of rotatable bonds is 6. The molecule has 1 atom stereocenters. The highest BCUT2D eigenvalue weighted by molar-refractivity contribution is 6.74. The Hall–Kier alpha value is -1.12. The molecule has 108 valence electrons. The van der Waals surface area contributed by atoms with Crippen LogP contribution in [0.3, 0.4) is 0 Å². The van der Waals surface area contributed by atoms with Gasteiger partial charge in [0.15, 0.2) is 8.32 Å². The molecule has 0 aromatic heterocycles. The van der Waals surface area contributed by atoms with Crippen LogP contribution >= 0.6 is 0 Å². The maximum Gasteiger partial charge on any atom is 0.308 e. The fraction of sp³-hybridized carbons (Fsp3) is 0.714. The number of Topliss-reactive ketones (excluding diaryl/α,β-unsaturated/α-hetero) is 1. The molecule has 0 saturated heterocycles. The molecule has 0 saturated carbocycles. The normalized spacial score (nSPS) is 13.5. The van der Waals surface area contributed by atoms with Crippen molar-refractivity contribution in [3.63, 3.8) is 0 Å². The van der Waals surface area contributed by atoms with E-state index in [0.717, 1.165) is 0 Å². The molecule has 0 aliphatic rings. The Bertz CT molecular complexity index is 374. The number of carbonyl (C=O) groups excluding carboxylic acids is 2. The number of methoxy groups -OCH3 is 1. The van der Waals surface area contributed by atoms with E-state index in [2.05, 4.69) is 44.5 Å². The number of hydrogen-bond acceptors (Lipinski definition) is 4. The molecular formula is C14H24O4Si. The minimum atomic E-state index is -2.06. The monoisotopic (exact) mass is 284 g/mol. The van der Waals surface area contributed by atoms with Crippen LogP contribution in [0.2, 0.25) is 18.1 Å². The van der Waals surface area contributed by atoms with E-state index in [4.69, 9.17) is 10.8 Å². The maximum atomic E-state index is 11.4. The lowest BCUT2D eigenvalue weighted by Crippen LogP contribution is -2.45. The smallest absolute Gasteiger partial charge is 0.308 e. The number of esters is 1. The van der Waals surface area contributed by atoms with Crippen molar-refractivity contribution in [3.05, 3.63) is 0 Å². The molecule has 0 rings (SSSR count). The van der Waals surface area contributed by atoms with Crippen molar-refractivity contribution in [1.29, 1.82) is 0 Å². The standard InChI is InChI=1S/C14H24O4Si/c1-8-11(15)9-12(10-13(16)17-5)18-19(6,7)14(2,3)4/h1,12H,9-10H2,2-7H3. The molecule has 0 aromatic rings. The van der Waals surface area contributed by atoms with E-state index in [1.54, 1.807) is 0 Å². The van der Waals surface area contributed by atoms with Gasteiger partial charge in [-0.2, -0.15) is 0 Å². The topological polar surface area (TPSA) is 52.6 Å². The fourth-order valence-electron chi connectivity index (χ4n) is 1.28. The highest BCUT2D eigenvalue weighted by Crippen LogP contribution is 2.38. The summed E-state index contributed by atoms with van der Waals surface area (Å²) >= 11 is 0. The summed E-state index contributed by atoms with van der Waals surface area (Å²) in [6, 6.07) is 0. The quantitative estimate of drug-likeness (QED) is 0.325. The maximum absolute atomic E-state index is 11.4. The molecule has 1 unspecified atom stereocenters. The van der Waals surface area contributed by atoms with Crippen LogP contribution < -0.4 is 0 Å². The van der Waals surface area contributed by atoms with E-state index < -0.39 is 20.4 Å². The van der Waals surface area contributed by atoms with Crippen LogP contribution in [-0.2, 0) is 18.8 Å². The Balaban J connectivity index is 4.90. The molecule has 0 amide bonds. The van der Waals surface area contributed by atoms with Crippen LogP contribution in [0.15, 0.2) is 0 Å². The highest BCUT2D eigenvalue weighted by atomic mass is 28.4. The lowest BCUT2D eigenvalue weighted by molar-refractivity contribution is -0.142. The number of ketones is 1. The Labute approximate surface area is 117 Å². The van der Waals surface area contributed by atoms with Gasteiger partial charge in [0.05, 0.1) is 19.6 Å². The summed E-state index contributed by atoms with van der Waals surface area (Å²) in [4.78, 5) is 22.8. The number of terminal acetylenes is 1. The van der Waals surface area contributed by atoms with Gasteiger partial charge in [-0.05, 0) is 24.1 Å². The van der Waals surface area contributed by atoms with Crippen molar-refractivity contribution < 1.29 is 18.8 Å². The Morgan fingerprint density at radius 2 is 1.79 bits per heavy atom. The summed E-state index contributed by atoms with van der Waals surface area (Å²) in [6.45, 7) is 10.4. The zero-order valence-electron chi connectivity index (χ0n) is 12.7. The van der Waals surface area contributed by atoms with Crippen LogP contribution in [0.25, 0.3) is 0 Å². The molecule has 0 heterocycles. The van der Waals surface area contributed by atoms with Crippen molar-refractivity contribution in [3.8, 4) is 12.3 Å². The molecule has 0 radical (unpaired) electrons. The van der Waals surface area contributed by atoms with E-state index in [9.17, 15) is 9.59 Å². The van der Waals surface area contributed by atoms with Crippen molar-refractivity contribution in [2.75, 3.05) is 7.11 Å². The predicted octanol–water partition coefficient (Wildman–Crippen LogP) is 2.53. The third-order valence-electron chi connectivity index (χ3n) is 3.46. The third kappa shape index (κ3) is 6.04. The van der Waals surface area contributed by atoms with Gasteiger partial charge in [0.1, 0.15) is 0 Å². The minimum Gasteiger partial charge on any atom is -0.469 e. The first-order valence-corrected chi connectivity index (χ1v) is 9.18. The summed E-state index contributed by atoms with van der Waals surface area (Å²) in [7, 11) is -0.742. The van der Waals surface area contributed by atoms with Crippen LogP contribution in [0.1, 0.15) is 33.6 Å². The summed E-state index contributed by atoms with van der Waals surface area (Å²) in [5.74, 6) is 1.31. The van der Waals surface area contributed by atoms with E-state index in [-0.39, 0.29) is 23.7 Å². The van der Waals surface area contributed by atoms with Gasteiger partial charge in [-0.15, -0.1) is 6.42 Å². The predicted molar refractivity (Wildman–Crippen MR) is 77.2 cm³/mol. The molecule has 4 nitrogen and oxygen atoms in total. The first kappa shape index (κ1) is 17.9. The van der Waals surface area contributed by atoms with Crippen LogP contribution in [-0.4, -0.2) is 33.3 Å². The average molecular weight is 284 g/mol. The summed E-state index contributed by atoms with van der Waals surface area (Å²) < 4.78 is 10.7. The molecule has 0 fully saturated rings. The lowest BCUT2D eigenvalue weighted by atomic mass is 10.1. The molecule has 5 heteroatoms.